The van der Waals surface area contributed by atoms with Crippen molar-refractivity contribution in [3.05, 3.63) is 29.1 Å². The highest BCUT2D eigenvalue weighted by Crippen LogP contribution is 2.27. The zero-order valence-corrected chi connectivity index (χ0v) is 10.6. The van der Waals surface area contributed by atoms with Gasteiger partial charge in [0.1, 0.15) is 0 Å². The summed E-state index contributed by atoms with van der Waals surface area (Å²) in [5, 5.41) is 0. The van der Waals surface area contributed by atoms with Crippen molar-refractivity contribution < 1.29 is 4.79 Å². The van der Waals surface area contributed by atoms with E-state index >= 15 is 0 Å². The Labute approximate surface area is 102 Å². The summed E-state index contributed by atoms with van der Waals surface area (Å²) in [6, 6.07) is 2.09. The minimum absolute atomic E-state index is 0.00221. The average Bonchev–Trinajstić information content (AvgIpc) is 2.28. The van der Waals surface area contributed by atoms with Gasteiger partial charge in [0.15, 0.2) is 0 Å². The van der Waals surface area contributed by atoms with Gasteiger partial charge in [-0.05, 0) is 48.8 Å². The standard InChI is InChI=1S/C14H20N2O/c1-9(2)7-10-5-6-16-13-4-3-11(14(15)17)8-12(10)13/h5-6,9,11H,3-4,7-8H2,1-2H3,(H2,15,17). The van der Waals surface area contributed by atoms with Gasteiger partial charge in [0.05, 0.1) is 0 Å². The van der Waals surface area contributed by atoms with Crippen molar-refractivity contribution in [3.8, 4) is 0 Å². The number of fused-ring (bicyclic) bond motifs is 1. The Morgan fingerprint density at radius 1 is 1.59 bits per heavy atom. The minimum atomic E-state index is -0.171. The van der Waals surface area contributed by atoms with Crippen LogP contribution in [0.25, 0.3) is 0 Å². The van der Waals surface area contributed by atoms with Crippen LogP contribution in [0.1, 0.15) is 37.1 Å². The topological polar surface area (TPSA) is 56.0 Å². The fraction of sp³-hybridized carbons (Fsp3) is 0.571. The first-order chi connectivity index (χ1) is 8.08. The molecule has 1 aromatic rings. The molecule has 0 saturated heterocycles. The molecule has 2 N–H and O–H groups in total. The number of carbonyl (C=O) groups excluding carboxylic acids is 1. The van der Waals surface area contributed by atoms with Gasteiger partial charge in [0.25, 0.3) is 0 Å². The lowest BCUT2D eigenvalue weighted by Gasteiger charge is -2.24. The van der Waals surface area contributed by atoms with Crippen LogP contribution < -0.4 is 5.73 Å². The maximum atomic E-state index is 11.3. The molecule has 0 saturated carbocycles. The predicted molar refractivity (Wildman–Crippen MR) is 67.5 cm³/mol. The van der Waals surface area contributed by atoms with Crippen LogP contribution in [0.3, 0.4) is 0 Å². The number of hydrogen-bond donors (Lipinski definition) is 1. The number of aromatic nitrogens is 1. The minimum Gasteiger partial charge on any atom is -0.369 e. The Kier molecular flexibility index (Phi) is 3.46. The van der Waals surface area contributed by atoms with Crippen molar-refractivity contribution in [2.45, 2.75) is 39.5 Å². The molecular formula is C14H20N2O. The molecule has 2 rings (SSSR count). The second-order valence-corrected chi connectivity index (χ2v) is 5.34. The van der Waals surface area contributed by atoms with Gasteiger partial charge in [-0.2, -0.15) is 0 Å². The molecule has 1 atom stereocenters. The number of nitrogens with two attached hydrogens (primary N) is 1. The van der Waals surface area contributed by atoms with Gasteiger partial charge in [0.2, 0.25) is 5.91 Å². The molecule has 0 aromatic carbocycles. The smallest absolute Gasteiger partial charge is 0.220 e. The van der Waals surface area contributed by atoms with E-state index in [-0.39, 0.29) is 11.8 Å². The lowest BCUT2D eigenvalue weighted by atomic mass is 9.82. The third kappa shape index (κ3) is 2.65. The maximum absolute atomic E-state index is 11.3. The molecule has 3 nitrogen and oxygen atoms in total. The van der Waals surface area contributed by atoms with Crippen molar-refractivity contribution in [2.24, 2.45) is 17.6 Å². The van der Waals surface area contributed by atoms with E-state index in [1.807, 2.05) is 6.20 Å². The van der Waals surface area contributed by atoms with Crippen molar-refractivity contribution in [1.29, 1.82) is 0 Å². The molecule has 17 heavy (non-hydrogen) atoms. The summed E-state index contributed by atoms with van der Waals surface area (Å²) in [5.74, 6) is 0.447. The maximum Gasteiger partial charge on any atom is 0.220 e. The second-order valence-electron chi connectivity index (χ2n) is 5.34. The van der Waals surface area contributed by atoms with Gasteiger partial charge >= 0.3 is 0 Å². The molecule has 1 heterocycles. The summed E-state index contributed by atoms with van der Waals surface area (Å²) in [6.45, 7) is 4.42. The fourth-order valence-corrected chi connectivity index (χ4v) is 2.58. The van der Waals surface area contributed by atoms with E-state index in [1.54, 1.807) is 0 Å². The van der Waals surface area contributed by atoms with Crippen molar-refractivity contribution in [3.63, 3.8) is 0 Å². The van der Waals surface area contributed by atoms with Crippen LogP contribution in [0.4, 0.5) is 0 Å². The number of primary amides is 1. The largest absolute Gasteiger partial charge is 0.369 e. The molecule has 1 aliphatic carbocycles. The highest BCUT2D eigenvalue weighted by molar-refractivity contribution is 5.77. The van der Waals surface area contributed by atoms with Crippen LogP contribution in [0.5, 0.6) is 0 Å². The molecule has 1 unspecified atom stereocenters. The van der Waals surface area contributed by atoms with Crippen LogP contribution in [0.15, 0.2) is 12.3 Å². The van der Waals surface area contributed by atoms with Crippen LogP contribution >= 0.6 is 0 Å². The quantitative estimate of drug-likeness (QED) is 0.865. The first-order valence-corrected chi connectivity index (χ1v) is 6.33. The lowest BCUT2D eigenvalue weighted by Crippen LogP contribution is -2.29. The van der Waals surface area contributed by atoms with Crippen LogP contribution in [-0.2, 0) is 24.1 Å². The van der Waals surface area contributed by atoms with Gasteiger partial charge in [-0.3, -0.25) is 9.78 Å². The normalized spacial score (nSPS) is 19.1. The van der Waals surface area contributed by atoms with Crippen molar-refractivity contribution in [2.75, 3.05) is 0 Å². The molecule has 0 bridgehead atoms. The molecule has 1 aromatic heterocycles. The fourth-order valence-electron chi connectivity index (χ4n) is 2.58. The molecule has 3 heteroatoms. The third-order valence-electron chi connectivity index (χ3n) is 3.45. The van der Waals surface area contributed by atoms with Crippen LogP contribution in [-0.4, -0.2) is 10.9 Å². The number of hydrogen-bond acceptors (Lipinski definition) is 2. The zero-order chi connectivity index (χ0) is 12.4. The van der Waals surface area contributed by atoms with Crippen molar-refractivity contribution in [1.82, 2.24) is 4.98 Å². The van der Waals surface area contributed by atoms with E-state index in [1.165, 1.54) is 16.8 Å². The Hall–Kier alpha value is -1.38. The average molecular weight is 232 g/mol. The van der Waals surface area contributed by atoms with E-state index in [2.05, 4.69) is 24.9 Å². The van der Waals surface area contributed by atoms with Gasteiger partial charge in [-0.15, -0.1) is 0 Å². The Balaban J connectivity index is 2.29. The van der Waals surface area contributed by atoms with E-state index in [0.717, 1.165) is 25.7 Å². The highest BCUT2D eigenvalue weighted by Gasteiger charge is 2.25. The first kappa shape index (κ1) is 12.1. The highest BCUT2D eigenvalue weighted by atomic mass is 16.1. The van der Waals surface area contributed by atoms with Crippen molar-refractivity contribution >= 4 is 5.91 Å². The van der Waals surface area contributed by atoms with E-state index in [9.17, 15) is 4.79 Å². The summed E-state index contributed by atoms with van der Waals surface area (Å²) in [4.78, 5) is 15.7. The summed E-state index contributed by atoms with van der Waals surface area (Å²) in [6.07, 6.45) is 5.45. The third-order valence-corrected chi connectivity index (χ3v) is 3.45. The molecule has 0 radical (unpaired) electrons. The summed E-state index contributed by atoms with van der Waals surface area (Å²) in [7, 11) is 0. The Morgan fingerprint density at radius 2 is 2.35 bits per heavy atom. The number of pyridine rings is 1. The number of rotatable bonds is 3. The molecule has 92 valence electrons. The number of nitrogens with zero attached hydrogens (tertiary/aromatic N) is 1. The summed E-state index contributed by atoms with van der Waals surface area (Å²) >= 11 is 0. The summed E-state index contributed by atoms with van der Waals surface area (Å²) in [5.41, 5.74) is 9.20. The summed E-state index contributed by atoms with van der Waals surface area (Å²) < 4.78 is 0. The Morgan fingerprint density at radius 3 is 3.00 bits per heavy atom. The van der Waals surface area contributed by atoms with E-state index < -0.39 is 0 Å². The molecule has 1 aliphatic rings. The molecule has 0 aliphatic heterocycles. The number of carbonyl (C=O) groups is 1. The SMILES string of the molecule is CC(C)Cc1ccnc2c1CC(C(N)=O)CC2. The van der Waals surface area contributed by atoms with Crippen LogP contribution in [0, 0.1) is 11.8 Å². The zero-order valence-electron chi connectivity index (χ0n) is 10.6. The lowest BCUT2D eigenvalue weighted by molar-refractivity contribution is -0.122. The van der Waals surface area contributed by atoms with Crippen LogP contribution in [0.2, 0.25) is 0 Å². The van der Waals surface area contributed by atoms with Gasteiger partial charge < -0.3 is 5.73 Å². The van der Waals surface area contributed by atoms with E-state index in [4.69, 9.17) is 5.73 Å². The van der Waals surface area contributed by atoms with Gasteiger partial charge in [-0.1, -0.05) is 13.8 Å². The van der Waals surface area contributed by atoms with E-state index in [0.29, 0.717) is 5.92 Å². The predicted octanol–water partition coefficient (Wildman–Crippen LogP) is 1.87. The number of amides is 1. The molecule has 0 fully saturated rings. The molecule has 0 spiro atoms. The van der Waals surface area contributed by atoms with Gasteiger partial charge in [-0.25, -0.2) is 0 Å². The van der Waals surface area contributed by atoms with Gasteiger partial charge in [0, 0.05) is 17.8 Å². The second kappa shape index (κ2) is 4.86. The number of aryl methyl sites for hydroxylation is 1. The first-order valence-electron chi connectivity index (χ1n) is 6.33. The molecular weight excluding hydrogens is 212 g/mol. The Bertz CT molecular complexity index is 426. The molecule has 1 amide bonds. The monoisotopic (exact) mass is 232 g/mol.